The third kappa shape index (κ3) is 7.55. The number of morpholine rings is 1. The number of hydrogen-bond acceptors (Lipinski definition) is 5. The van der Waals surface area contributed by atoms with Crippen LogP contribution in [-0.4, -0.2) is 76.9 Å². The first-order valence-corrected chi connectivity index (χ1v) is 10.2. The first-order chi connectivity index (χ1) is 14.0. The third-order valence-corrected chi connectivity index (χ3v) is 4.91. The van der Waals surface area contributed by atoms with Gasteiger partial charge in [-0.05, 0) is 17.7 Å². The van der Waals surface area contributed by atoms with E-state index < -0.39 is 0 Å². The lowest BCUT2D eigenvalue weighted by Gasteiger charge is -2.35. The Morgan fingerprint density at radius 2 is 1.79 bits per heavy atom. The zero-order chi connectivity index (χ0) is 21.1. The summed E-state index contributed by atoms with van der Waals surface area (Å²) in [6, 6.07) is 8.40. The smallest absolute Gasteiger partial charge is 0.222 e. The van der Waals surface area contributed by atoms with Crippen molar-refractivity contribution in [3.63, 3.8) is 0 Å². The number of carbonyl (C=O) groups is 1. The van der Waals surface area contributed by atoms with E-state index in [0.717, 1.165) is 38.0 Å². The van der Waals surface area contributed by atoms with Gasteiger partial charge in [0.25, 0.3) is 0 Å². The maximum Gasteiger partial charge on any atom is 0.222 e. The van der Waals surface area contributed by atoms with E-state index in [1.54, 1.807) is 14.2 Å². The van der Waals surface area contributed by atoms with Gasteiger partial charge >= 0.3 is 0 Å². The Hall–Kier alpha value is -2.32. The van der Waals surface area contributed by atoms with Crippen molar-refractivity contribution >= 4 is 11.9 Å². The molecule has 162 valence electrons. The summed E-state index contributed by atoms with van der Waals surface area (Å²) >= 11 is 0. The minimum Gasteiger partial charge on any atom is -0.497 e. The highest BCUT2D eigenvalue weighted by Gasteiger charge is 2.23. The molecule has 8 heteroatoms. The second-order valence-corrected chi connectivity index (χ2v) is 7.26. The molecular weight excluding hydrogens is 370 g/mol. The van der Waals surface area contributed by atoms with E-state index >= 15 is 0 Å². The van der Waals surface area contributed by atoms with Gasteiger partial charge < -0.3 is 25.4 Å². The third-order valence-electron chi connectivity index (χ3n) is 4.91. The summed E-state index contributed by atoms with van der Waals surface area (Å²) in [4.78, 5) is 18.4. The number of nitrogens with one attached hydrogen (secondary N) is 3. The van der Waals surface area contributed by atoms with Crippen LogP contribution in [0.4, 0.5) is 0 Å². The number of ether oxygens (including phenoxy) is 2. The first-order valence-electron chi connectivity index (χ1n) is 10.2. The Kier molecular flexibility index (Phi) is 9.73. The minimum absolute atomic E-state index is 0.00813. The number of carbonyl (C=O) groups excluding carboxylic acids is 1. The van der Waals surface area contributed by atoms with Crippen molar-refractivity contribution in [2.75, 3.05) is 60.1 Å². The van der Waals surface area contributed by atoms with Crippen LogP contribution < -0.4 is 20.7 Å². The van der Waals surface area contributed by atoms with Gasteiger partial charge in [-0.15, -0.1) is 0 Å². The van der Waals surface area contributed by atoms with Crippen LogP contribution in [-0.2, 0) is 9.53 Å². The average Bonchev–Trinajstić information content (AvgIpc) is 2.76. The summed E-state index contributed by atoms with van der Waals surface area (Å²) in [5.74, 6) is 1.62. The molecule has 0 saturated carbocycles. The van der Waals surface area contributed by atoms with Gasteiger partial charge in [0.2, 0.25) is 5.91 Å². The van der Waals surface area contributed by atoms with Crippen LogP contribution >= 0.6 is 0 Å². The molecule has 1 amide bonds. The molecule has 8 nitrogen and oxygen atoms in total. The molecule has 1 saturated heterocycles. The van der Waals surface area contributed by atoms with E-state index in [2.05, 4.69) is 38.0 Å². The summed E-state index contributed by atoms with van der Waals surface area (Å²) in [7, 11) is 3.43. The van der Waals surface area contributed by atoms with Crippen LogP contribution in [0.15, 0.2) is 29.3 Å². The molecule has 0 radical (unpaired) electrons. The molecule has 0 aliphatic carbocycles. The SMILES string of the molecule is CN=C(NCCNC(=O)C(C)C)NCC(c1ccc(OC)cc1)N1CCOCC1. The van der Waals surface area contributed by atoms with Gasteiger partial charge in [0.05, 0.1) is 26.4 Å². The quantitative estimate of drug-likeness (QED) is 0.323. The maximum absolute atomic E-state index is 11.6. The van der Waals surface area contributed by atoms with E-state index in [1.807, 2.05) is 26.0 Å². The predicted octanol–water partition coefficient (Wildman–Crippen LogP) is 1.01. The minimum atomic E-state index is -0.00813. The molecule has 1 fully saturated rings. The van der Waals surface area contributed by atoms with Crippen molar-refractivity contribution in [3.05, 3.63) is 29.8 Å². The van der Waals surface area contributed by atoms with Crippen LogP contribution in [0.1, 0.15) is 25.5 Å². The molecule has 29 heavy (non-hydrogen) atoms. The fourth-order valence-corrected chi connectivity index (χ4v) is 3.16. The lowest BCUT2D eigenvalue weighted by Crippen LogP contribution is -2.47. The summed E-state index contributed by atoms with van der Waals surface area (Å²) in [6.45, 7) is 8.93. The molecule has 1 unspecified atom stereocenters. The predicted molar refractivity (Wildman–Crippen MR) is 115 cm³/mol. The van der Waals surface area contributed by atoms with E-state index in [9.17, 15) is 4.79 Å². The van der Waals surface area contributed by atoms with Crippen LogP contribution in [0.2, 0.25) is 0 Å². The number of amides is 1. The van der Waals surface area contributed by atoms with Crippen molar-refractivity contribution in [1.29, 1.82) is 0 Å². The number of rotatable bonds is 9. The number of hydrogen-bond donors (Lipinski definition) is 3. The molecule has 1 aromatic carbocycles. The van der Waals surface area contributed by atoms with E-state index in [-0.39, 0.29) is 17.9 Å². The van der Waals surface area contributed by atoms with Crippen LogP contribution in [0.3, 0.4) is 0 Å². The van der Waals surface area contributed by atoms with Gasteiger partial charge in [0.1, 0.15) is 5.75 Å². The first kappa shape index (κ1) is 23.0. The standard InChI is InChI=1S/C21H35N5O3/c1-16(2)20(27)23-9-10-24-21(22-3)25-15-19(26-11-13-29-14-12-26)17-5-7-18(28-4)8-6-17/h5-8,16,19H,9-15H2,1-4H3,(H,23,27)(H2,22,24,25). The summed E-state index contributed by atoms with van der Waals surface area (Å²) in [6.07, 6.45) is 0. The molecule has 0 aromatic heterocycles. The lowest BCUT2D eigenvalue weighted by molar-refractivity contribution is -0.123. The molecule has 2 rings (SSSR count). The molecule has 1 heterocycles. The van der Waals surface area contributed by atoms with Crippen LogP contribution in [0.25, 0.3) is 0 Å². The molecule has 1 aliphatic rings. The Balaban J connectivity index is 1.92. The molecule has 1 aromatic rings. The van der Waals surface area contributed by atoms with E-state index in [0.29, 0.717) is 19.6 Å². The number of benzene rings is 1. The lowest BCUT2D eigenvalue weighted by atomic mass is 10.0. The molecular formula is C21H35N5O3. The van der Waals surface area contributed by atoms with E-state index in [4.69, 9.17) is 9.47 Å². The Morgan fingerprint density at radius 3 is 2.38 bits per heavy atom. The second-order valence-electron chi connectivity index (χ2n) is 7.26. The van der Waals surface area contributed by atoms with Gasteiger partial charge in [-0.2, -0.15) is 0 Å². The number of guanidine groups is 1. The highest BCUT2D eigenvalue weighted by Crippen LogP contribution is 2.23. The number of aliphatic imine (C=N–C) groups is 1. The van der Waals surface area contributed by atoms with Crippen molar-refractivity contribution < 1.29 is 14.3 Å². The maximum atomic E-state index is 11.6. The Bertz CT molecular complexity index is 642. The average molecular weight is 406 g/mol. The molecule has 1 atom stereocenters. The summed E-state index contributed by atoms with van der Waals surface area (Å²) < 4.78 is 10.8. The monoisotopic (exact) mass is 405 g/mol. The summed E-state index contributed by atoms with van der Waals surface area (Å²) in [5.41, 5.74) is 1.22. The normalized spacial score (nSPS) is 16.4. The molecule has 1 aliphatic heterocycles. The fraction of sp³-hybridized carbons (Fsp3) is 0.619. The van der Waals surface area contributed by atoms with Crippen molar-refractivity contribution in [1.82, 2.24) is 20.9 Å². The molecule has 0 spiro atoms. The topological polar surface area (TPSA) is 87.2 Å². The zero-order valence-electron chi connectivity index (χ0n) is 18.0. The number of methoxy groups -OCH3 is 1. The van der Waals surface area contributed by atoms with Gasteiger partial charge in [-0.1, -0.05) is 26.0 Å². The molecule has 0 bridgehead atoms. The number of nitrogens with zero attached hydrogens (tertiary/aromatic N) is 2. The highest BCUT2D eigenvalue weighted by atomic mass is 16.5. The highest BCUT2D eigenvalue weighted by molar-refractivity contribution is 5.80. The fourth-order valence-electron chi connectivity index (χ4n) is 3.16. The van der Waals surface area contributed by atoms with E-state index in [1.165, 1.54) is 5.56 Å². The zero-order valence-corrected chi connectivity index (χ0v) is 18.0. The largest absolute Gasteiger partial charge is 0.497 e. The van der Waals surface area contributed by atoms with Crippen molar-refractivity contribution in [2.24, 2.45) is 10.9 Å². The van der Waals surface area contributed by atoms with Crippen molar-refractivity contribution in [2.45, 2.75) is 19.9 Å². The Labute approximate surface area is 174 Å². The van der Waals surface area contributed by atoms with Crippen molar-refractivity contribution in [3.8, 4) is 5.75 Å². The molecule has 3 N–H and O–H groups in total. The van der Waals surface area contributed by atoms with Gasteiger partial charge in [0, 0.05) is 45.7 Å². The second kappa shape index (κ2) is 12.3. The van der Waals surface area contributed by atoms with Crippen LogP contribution in [0.5, 0.6) is 5.75 Å². The van der Waals surface area contributed by atoms with Gasteiger partial charge in [0.15, 0.2) is 5.96 Å². The Morgan fingerprint density at radius 1 is 1.14 bits per heavy atom. The van der Waals surface area contributed by atoms with Crippen LogP contribution in [0, 0.1) is 5.92 Å². The van der Waals surface area contributed by atoms with Gasteiger partial charge in [-0.3, -0.25) is 14.7 Å². The van der Waals surface area contributed by atoms with Gasteiger partial charge in [-0.25, -0.2) is 0 Å². The summed E-state index contributed by atoms with van der Waals surface area (Å²) in [5, 5.41) is 9.57.